The Morgan fingerprint density at radius 1 is 1.26 bits per heavy atom. The second-order valence-electron chi connectivity index (χ2n) is 4.70. The first-order valence-electron chi connectivity index (χ1n) is 6.99. The van der Waals surface area contributed by atoms with E-state index >= 15 is 0 Å². The lowest BCUT2D eigenvalue weighted by molar-refractivity contribution is -0.991. The fourth-order valence-corrected chi connectivity index (χ4v) is 3.20. The molecule has 0 bridgehead atoms. The van der Waals surface area contributed by atoms with Gasteiger partial charge in [0.15, 0.2) is 5.69 Å². The van der Waals surface area contributed by atoms with Crippen LogP contribution in [0.15, 0.2) is 53.4 Å². The lowest BCUT2D eigenvalue weighted by atomic mass is 10.1. The van der Waals surface area contributed by atoms with Gasteiger partial charge in [-0.2, -0.15) is 5.23 Å². The molecule has 7 heteroatoms. The van der Waals surface area contributed by atoms with Crippen molar-refractivity contribution in [2.24, 2.45) is 0 Å². The molecule has 2 N–H and O–H groups in total. The first-order valence-corrected chi connectivity index (χ1v) is 8.31. The average molecular weight is 335 g/mol. The highest BCUT2D eigenvalue weighted by Crippen LogP contribution is 2.19. The second-order valence-corrected chi connectivity index (χ2v) is 6.15. The van der Waals surface area contributed by atoms with Crippen LogP contribution in [-0.4, -0.2) is 22.0 Å². The number of benzene rings is 2. The summed E-state index contributed by atoms with van der Waals surface area (Å²) in [5.41, 5.74) is 0.533. The van der Waals surface area contributed by atoms with Crippen molar-refractivity contribution in [2.75, 3.05) is 6.61 Å². The summed E-state index contributed by atoms with van der Waals surface area (Å²) in [6, 6.07) is 13.1. The fraction of sp³-hybridized carbons (Fsp3) is 0.188. The molecule has 0 radical (unpaired) electrons. The molecule has 0 aliphatic carbocycles. The van der Waals surface area contributed by atoms with E-state index in [9.17, 15) is 19.4 Å². The number of rotatable bonds is 6. The summed E-state index contributed by atoms with van der Waals surface area (Å²) >= 11 is 0. The smallest absolute Gasteiger partial charge is 0.338 e. The summed E-state index contributed by atoms with van der Waals surface area (Å²) in [4.78, 5) is 12.3. The minimum Gasteiger partial charge on any atom is -0.595 e. The molecular formula is C16H17NO5S. The van der Waals surface area contributed by atoms with Crippen molar-refractivity contribution in [1.82, 2.24) is 0 Å². The van der Waals surface area contributed by atoms with Crippen molar-refractivity contribution in [2.45, 2.75) is 17.6 Å². The molecule has 2 unspecified atom stereocenters. The van der Waals surface area contributed by atoms with Crippen LogP contribution >= 0.6 is 0 Å². The molecule has 122 valence electrons. The predicted octanol–water partition coefficient (Wildman–Crippen LogP) is 1.57. The molecule has 0 saturated carbocycles. The van der Waals surface area contributed by atoms with Gasteiger partial charge in [-0.05, 0) is 25.1 Å². The molecule has 2 aromatic rings. The second kappa shape index (κ2) is 7.98. The minimum absolute atomic E-state index is 0.0418. The van der Waals surface area contributed by atoms with Crippen molar-refractivity contribution < 1.29 is 24.2 Å². The average Bonchev–Trinajstić information content (AvgIpc) is 2.56. The molecule has 0 aliphatic rings. The van der Waals surface area contributed by atoms with E-state index in [2.05, 4.69) is 0 Å². The normalized spacial score (nSPS) is 13.3. The summed E-state index contributed by atoms with van der Waals surface area (Å²) in [5.74, 6) is -0.514. The van der Waals surface area contributed by atoms with Crippen LogP contribution in [0.25, 0.3) is 0 Å². The first kappa shape index (κ1) is 17.3. The molecule has 0 heterocycles. The summed E-state index contributed by atoms with van der Waals surface area (Å²) < 4.78 is 17.2. The van der Waals surface area contributed by atoms with Crippen LogP contribution in [0.5, 0.6) is 0 Å². The van der Waals surface area contributed by atoms with E-state index in [4.69, 9.17) is 4.74 Å². The van der Waals surface area contributed by atoms with Crippen LogP contribution in [-0.2, 0) is 21.3 Å². The molecule has 0 spiro atoms. The number of carbonyl (C=O) groups excluding carboxylic acids is 1. The van der Waals surface area contributed by atoms with Crippen molar-refractivity contribution in [3.8, 4) is 0 Å². The number of hydrogen-bond acceptors (Lipinski definition) is 5. The summed E-state index contributed by atoms with van der Waals surface area (Å²) in [5, 5.41) is 19.6. The van der Waals surface area contributed by atoms with Crippen molar-refractivity contribution in [3.05, 3.63) is 64.9 Å². The Morgan fingerprint density at radius 3 is 2.57 bits per heavy atom. The van der Waals surface area contributed by atoms with E-state index in [-0.39, 0.29) is 23.6 Å². The van der Waals surface area contributed by atoms with Gasteiger partial charge in [0, 0.05) is 16.5 Å². The maximum absolute atomic E-state index is 12.3. The van der Waals surface area contributed by atoms with Crippen LogP contribution < -0.4 is 5.23 Å². The molecule has 0 aromatic heterocycles. The molecule has 23 heavy (non-hydrogen) atoms. The summed E-state index contributed by atoms with van der Waals surface area (Å²) in [6.07, 6.45) is 0. The third-order valence-corrected chi connectivity index (χ3v) is 4.52. The molecule has 6 nitrogen and oxygen atoms in total. The van der Waals surface area contributed by atoms with Crippen molar-refractivity contribution in [3.63, 3.8) is 0 Å². The SMILES string of the molecule is CCOC(=O)c1ccc(CS(=O)c2ccccc2)c([NH+]([O-])O)c1. The largest absolute Gasteiger partial charge is 0.595 e. The highest BCUT2D eigenvalue weighted by molar-refractivity contribution is 7.84. The summed E-state index contributed by atoms with van der Waals surface area (Å²) in [6.45, 7) is 1.88. The molecule has 2 atom stereocenters. The highest BCUT2D eigenvalue weighted by atomic mass is 32.2. The molecule has 0 amide bonds. The molecule has 0 fully saturated rings. The topological polar surface area (TPSA) is 91.1 Å². The van der Waals surface area contributed by atoms with E-state index in [0.717, 1.165) is 0 Å². The zero-order chi connectivity index (χ0) is 16.8. The van der Waals surface area contributed by atoms with Gasteiger partial charge in [0.05, 0.1) is 28.7 Å². The third-order valence-electron chi connectivity index (χ3n) is 3.14. The summed E-state index contributed by atoms with van der Waals surface area (Å²) in [7, 11) is -1.36. The van der Waals surface area contributed by atoms with Crippen LogP contribution in [0.1, 0.15) is 22.8 Å². The van der Waals surface area contributed by atoms with Gasteiger partial charge in [-0.3, -0.25) is 4.21 Å². The van der Waals surface area contributed by atoms with E-state index < -0.39 is 22.0 Å². The number of hydrogen-bond donors (Lipinski definition) is 2. The van der Waals surface area contributed by atoms with E-state index in [1.807, 2.05) is 6.07 Å². The predicted molar refractivity (Wildman–Crippen MR) is 84.7 cm³/mol. The van der Waals surface area contributed by atoms with Crippen LogP contribution in [0.2, 0.25) is 0 Å². The number of nitrogens with one attached hydrogen (secondary N) is 1. The molecule has 2 rings (SSSR count). The fourth-order valence-electron chi connectivity index (χ4n) is 2.04. The standard InChI is InChI=1S/C16H17NO5S/c1-2-22-16(18)12-8-9-13(15(10-12)17(19)20)11-23(21)14-6-4-3-5-7-14/h3-10,17,19H,2,11H2,1H3. The van der Waals surface area contributed by atoms with Crippen molar-refractivity contribution in [1.29, 1.82) is 0 Å². The monoisotopic (exact) mass is 335 g/mol. The Bertz CT molecular complexity index is 703. The van der Waals surface area contributed by atoms with Gasteiger partial charge in [0.25, 0.3) is 0 Å². The zero-order valence-corrected chi connectivity index (χ0v) is 13.3. The Labute approximate surface area is 136 Å². The first-order chi connectivity index (χ1) is 11.0. The Hall–Kier alpha value is -2.06. The number of ether oxygens (including phenoxy) is 1. The lowest BCUT2D eigenvalue weighted by Crippen LogP contribution is -2.99. The van der Waals surface area contributed by atoms with E-state index in [1.54, 1.807) is 31.2 Å². The number of esters is 1. The quantitative estimate of drug-likeness (QED) is 0.618. The molecule has 0 saturated heterocycles. The molecule has 0 aliphatic heterocycles. The van der Waals surface area contributed by atoms with Gasteiger partial charge in [0.1, 0.15) is 0 Å². The van der Waals surface area contributed by atoms with Crippen molar-refractivity contribution >= 4 is 22.5 Å². The van der Waals surface area contributed by atoms with Crippen LogP contribution in [0.4, 0.5) is 5.69 Å². The van der Waals surface area contributed by atoms with Crippen LogP contribution in [0, 0.1) is 5.21 Å². The minimum atomic E-state index is -1.36. The van der Waals surface area contributed by atoms with Gasteiger partial charge in [0.2, 0.25) is 0 Å². The van der Waals surface area contributed by atoms with E-state index in [0.29, 0.717) is 10.5 Å². The van der Waals surface area contributed by atoms with Gasteiger partial charge >= 0.3 is 5.97 Å². The Morgan fingerprint density at radius 2 is 1.96 bits per heavy atom. The Balaban J connectivity index is 2.28. The molecular weight excluding hydrogens is 318 g/mol. The van der Waals surface area contributed by atoms with Gasteiger partial charge in [-0.25, -0.2) is 10.0 Å². The lowest BCUT2D eigenvalue weighted by Gasteiger charge is -2.16. The van der Waals surface area contributed by atoms with Crippen LogP contribution in [0.3, 0.4) is 0 Å². The van der Waals surface area contributed by atoms with Gasteiger partial charge in [-0.15, -0.1) is 0 Å². The third kappa shape index (κ3) is 4.46. The van der Waals surface area contributed by atoms with E-state index in [1.165, 1.54) is 18.2 Å². The maximum atomic E-state index is 12.3. The molecule has 2 aromatic carbocycles. The Kier molecular flexibility index (Phi) is 6.00. The number of quaternary nitrogens is 1. The number of carbonyl (C=O) groups is 1. The maximum Gasteiger partial charge on any atom is 0.338 e. The highest BCUT2D eigenvalue weighted by Gasteiger charge is 2.17. The van der Waals surface area contributed by atoms with Gasteiger partial charge < -0.3 is 9.94 Å². The zero-order valence-electron chi connectivity index (χ0n) is 12.5. The van der Waals surface area contributed by atoms with Gasteiger partial charge in [-0.1, -0.05) is 24.3 Å².